The van der Waals surface area contributed by atoms with Crippen LogP contribution in [0.4, 0.5) is 0 Å². The van der Waals surface area contributed by atoms with E-state index in [0.29, 0.717) is 12.1 Å². The van der Waals surface area contributed by atoms with Gasteiger partial charge in [0.15, 0.2) is 0 Å². The van der Waals surface area contributed by atoms with Crippen molar-refractivity contribution in [2.45, 2.75) is 27.3 Å². The number of carbonyl (C=O) groups is 2. The van der Waals surface area contributed by atoms with Gasteiger partial charge in [0, 0.05) is 12.6 Å². The Labute approximate surface area is 136 Å². The Hall–Kier alpha value is -2.56. The molecule has 0 fully saturated rings. The van der Waals surface area contributed by atoms with Crippen LogP contribution >= 0.6 is 0 Å². The molecule has 0 saturated carbocycles. The zero-order chi connectivity index (χ0) is 17.0. The first-order valence-electron chi connectivity index (χ1n) is 7.51. The van der Waals surface area contributed by atoms with Crippen molar-refractivity contribution in [3.8, 4) is 0 Å². The minimum Gasteiger partial charge on any atom is -0.464 e. The number of nitrogens with one attached hydrogen (secondary N) is 1. The molecule has 1 heterocycles. The van der Waals surface area contributed by atoms with Crippen molar-refractivity contribution in [1.29, 1.82) is 0 Å². The Balaban J connectivity index is 1.89. The minimum absolute atomic E-state index is 0.0397. The van der Waals surface area contributed by atoms with E-state index < -0.39 is 0 Å². The highest BCUT2D eigenvalue weighted by atomic mass is 16.3. The molecule has 0 aliphatic rings. The third kappa shape index (κ3) is 4.71. The molecule has 2 amide bonds. The molecular weight excluding hydrogens is 292 g/mol. The monoisotopic (exact) mass is 314 g/mol. The van der Waals surface area contributed by atoms with Gasteiger partial charge >= 0.3 is 0 Å². The fourth-order valence-corrected chi connectivity index (χ4v) is 2.39. The summed E-state index contributed by atoms with van der Waals surface area (Å²) in [5.74, 6) is 1.12. The summed E-state index contributed by atoms with van der Waals surface area (Å²) >= 11 is 0. The third-order valence-corrected chi connectivity index (χ3v) is 3.50. The number of hydrogen-bond acceptors (Lipinski definition) is 3. The van der Waals surface area contributed by atoms with Crippen LogP contribution in [0.15, 0.2) is 34.7 Å². The van der Waals surface area contributed by atoms with Gasteiger partial charge in [-0.15, -0.1) is 0 Å². The number of benzene rings is 1. The Morgan fingerprint density at radius 3 is 2.30 bits per heavy atom. The van der Waals surface area contributed by atoms with Gasteiger partial charge in [-0.25, -0.2) is 0 Å². The highest BCUT2D eigenvalue weighted by Gasteiger charge is 2.13. The van der Waals surface area contributed by atoms with Crippen LogP contribution in [0.2, 0.25) is 0 Å². The van der Waals surface area contributed by atoms with E-state index >= 15 is 0 Å². The Bertz CT molecular complexity index is 699. The summed E-state index contributed by atoms with van der Waals surface area (Å²) in [6.45, 7) is 6.08. The van der Waals surface area contributed by atoms with Gasteiger partial charge in [0.05, 0.1) is 13.1 Å². The van der Waals surface area contributed by atoms with E-state index in [1.165, 1.54) is 4.90 Å². The molecule has 0 aliphatic heterocycles. The summed E-state index contributed by atoms with van der Waals surface area (Å²) in [5.41, 5.74) is 2.61. The van der Waals surface area contributed by atoms with E-state index in [-0.39, 0.29) is 18.4 Å². The number of aryl methyl sites for hydroxylation is 3. The fourth-order valence-electron chi connectivity index (χ4n) is 2.39. The number of hydrogen-bond donors (Lipinski definition) is 1. The van der Waals surface area contributed by atoms with Gasteiger partial charge in [0.25, 0.3) is 5.91 Å². The first kappa shape index (κ1) is 16.8. The molecule has 1 aromatic heterocycles. The zero-order valence-electron chi connectivity index (χ0n) is 14.0. The topological polar surface area (TPSA) is 62.6 Å². The lowest BCUT2D eigenvalue weighted by atomic mass is 10.1. The molecule has 0 aliphatic carbocycles. The van der Waals surface area contributed by atoms with Crippen LogP contribution in [0.5, 0.6) is 0 Å². The molecule has 0 saturated heterocycles. The van der Waals surface area contributed by atoms with Gasteiger partial charge in [-0.3, -0.25) is 9.59 Å². The Morgan fingerprint density at radius 1 is 1.09 bits per heavy atom. The predicted octanol–water partition coefficient (Wildman–Crippen LogP) is 2.59. The molecule has 5 nitrogen and oxygen atoms in total. The average molecular weight is 314 g/mol. The summed E-state index contributed by atoms with van der Waals surface area (Å²) in [6, 6.07) is 9.31. The second-order valence-corrected chi connectivity index (χ2v) is 5.82. The van der Waals surface area contributed by atoms with Crippen LogP contribution in [0.25, 0.3) is 0 Å². The van der Waals surface area contributed by atoms with Gasteiger partial charge in [0.2, 0.25) is 5.91 Å². The van der Waals surface area contributed by atoms with Crippen molar-refractivity contribution in [1.82, 2.24) is 10.2 Å². The number of amides is 2. The molecule has 1 aromatic carbocycles. The SMILES string of the molecule is Cc1cc(C)cc(C(=O)NCC(=O)N(C)Cc2ccc(C)o2)c1. The molecule has 122 valence electrons. The maximum Gasteiger partial charge on any atom is 0.251 e. The van der Waals surface area contributed by atoms with Crippen molar-refractivity contribution in [2.75, 3.05) is 13.6 Å². The number of furan rings is 1. The van der Waals surface area contributed by atoms with Gasteiger partial charge in [-0.05, 0) is 45.0 Å². The predicted molar refractivity (Wildman–Crippen MR) is 88.2 cm³/mol. The number of rotatable bonds is 5. The molecule has 0 spiro atoms. The first-order chi connectivity index (χ1) is 10.8. The molecule has 0 radical (unpaired) electrons. The Morgan fingerprint density at radius 2 is 1.74 bits per heavy atom. The lowest BCUT2D eigenvalue weighted by Gasteiger charge is -2.16. The van der Waals surface area contributed by atoms with Crippen LogP contribution in [-0.4, -0.2) is 30.3 Å². The summed E-state index contributed by atoms with van der Waals surface area (Å²) in [5, 5.41) is 2.66. The molecule has 5 heteroatoms. The molecule has 0 unspecified atom stereocenters. The molecule has 23 heavy (non-hydrogen) atoms. The minimum atomic E-state index is -0.243. The highest BCUT2D eigenvalue weighted by Crippen LogP contribution is 2.10. The average Bonchev–Trinajstić information content (AvgIpc) is 2.88. The van der Waals surface area contributed by atoms with E-state index in [1.807, 2.05) is 51.1 Å². The van der Waals surface area contributed by atoms with E-state index in [2.05, 4.69) is 5.32 Å². The van der Waals surface area contributed by atoms with Crippen LogP contribution in [0.1, 0.15) is 33.0 Å². The van der Waals surface area contributed by atoms with Crippen LogP contribution in [0, 0.1) is 20.8 Å². The number of nitrogens with zero attached hydrogens (tertiary/aromatic N) is 1. The molecule has 0 atom stereocenters. The van der Waals surface area contributed by atoms with Crippen molar-refractivity contribution in [2.24, 2.45) is 0 Å². The van der Waals surface area contributed by atoms with E-state index in [9.17, 15) is 9.59 Å². The van der Waals surface area contributed by atoms with Crippen LogP contribution in [-0.2, 0) is 11.3 Å². The molecule has 2 aromatic rings. The highest BCUT2D eigenvalue weighted by molar-refractivity contribution is 5.96. The zero-order valence-corrected chi connectivity index (χ0v) is 14.0. The summed E-state index contributed by atoms with van der Waals surface area (Å²) in [4.78, 5) is 25.8. The Kier molecular flexibility index (Phi) is 5.21. The van der Waals surface area contributed by atoms with Gasteiger partial charge in [-0.1, -0.05) is 17.2 Å². The van der Waals surface area contributed by atoms with E-state index in [4.69, 9.17) is 4.42 Å². The summed E-state index contributed by atoms with van der Waals surface area (Å²) < 4.78 is 5.44. The number of carbonyl (C=O) groups excluding carboxylic acids is 2. The largest absolute Gasteiger partial charge is 0.464 e. The van der Waals surface area contributed by atoms with Crippen molar-refractivity contribution in [3.05, 3.63) is 58.5 Å². The van der Waals surface area contributed by atoms with E-state index in [0.717, 1.165) is 22.6 Å². The first-order valence-corrected chi connectivity index (χ1v) is 7.51. The quantitative estimate of drug-likeness (QED) is 0.922. The fraction of sp³-hybridized carbons (Fsp3) is 0.333. The molecule has 0 bridgehead atoms. The summed E-state index contributed by atoms with van der Waals surface area (Å²) in [7, 11) is 1.68. The standard InChI is InChI=1S/C18H22N2O3/c1-12-7-13(2)9-15(8-12)18(22)19-10-17(21)20(4)11-16-6-5-14(3)23-16/h5-9H,10-11H2,1-4H3,(H,19,22). The lowest BCUT2D eigenvalue weighted by molar-refractivity contribution is -0.129. The second kappa shape index (κ2) is 7.13. The lowest BCUT2D eigenvalue weighted by Crippen LogP contribution is -2.37. The van der Waals surface area contributed by atoms with Gasteiger partial charge < -0.3 is 14.6 Å². The normalized spacial score (nSPS) is 10.4. The van der Waals surface area contributed by atoms with Crippen molar-refractivity contribution in [3.63, 3.8) is 0 Å². The maximum atomic E-state index is 12.1. The van der Waals surface area contributed by atoms with Gasteiger partial charge in [-0.2, -0.15) is 0 Å². The van der Waals surface area contributed by atoms with Crippen molar-refractivity contribution < 1.29 is 14.0 Å². The summed E-state index contributed by atoms with van der Waals surface area (Å²) in [6.07, 6.45) is 0. The van der Waals surface area contributed by atoms with Crippen LogP contribution < -0.4 is 5.32 Å². The molecule has 2 rings (SSSR count). The maximum absolute atomic E-state index is 12.1. The molecule has 1 N–H and O–H groups in total. The third-order valence-electron chi connectivity index (χ3n) is 3.50. The molecular formula is C18H22N2O3. The second-order valence-electron chi connectivity index (χ2n) is 5.82. The van der Waals surface area contributed by atoms with Gasteiger partial charge in [0.1, 0.15) is 11.5 Å². The number of likely N-dealkylation sites (N-methyl/N-ethyl adjacent to an activating group) is 1. The van der Waals surface area contributed by atoms with E-state index in [1.54, 1.807) is 7.05 Å². The smallest absolute Gasteiger partial charge is 0.251 e. The van der Waals surface area contributed by atoms with Crippen molar-refractivity contribution >= 4 is 11.8 Å². The van der Waals surface area contributed by atoms with Crippen LogP contribution in [0.3, 0.4) is 0 Å².